The first-order chi connectivity index (χ1) is 11.6. The molecule has 118 valence electrons. The normalized spacial score (nSPS) is 11.4. The number of hydrogen-bond donors (Lipinski definition) is 0. The Morgan fingerprint density at radius 2 is 2.00 bits per heavy atom. The molecule has 0 N–H and O–H groups in total. The molecule has 0 unspecified atom stereocenters. The van der Waals surface area contributed by atoms with Crippen molar-refractivity contribution >= 4 is 45.7 Å². The Morgan fingerprint density at radius 3 is 2.67 bits per heavy atom. The van der Waals surface area contributed by atoms with Crippen LogP contribution in [0, 0.1) is 29.6 Å². The molecule has 0 aliphatic rings. The van der Waals surface area contributed by atoms with Gasteiger partial charge in [-0.2, -0.15) is 19.3 Å². The van der Waals surface area contributed by atoms with E-state index in [1.54, 1.807) is 6.08 Å². The van der Waals surface area contributed by atoms with Gasteiger partial charge in [0.05, 0.1) is 16.3 Å². The topological polar surface area (TPSA) is 95.4 Å². The predicted octanol–water partition coefficient (Wildman–Crippen LogP) is 1.27. The highest BCUT2D eigenvalue weighted by atomic mass is 32.1. The molecule has 0 radical (unpaired) electrons. The van der Waals surface area contributed by atoms with E-state index >= 15 is 0 Å². The minimum atomic E-state index is -0.211. The first kappa shape index (κ1) is 16.1. The van der Waals surface area contributed by atoms with Gasteiger partial charge in [-0.05, 0) is 25.5 Å². The highest BCUT2D eigenvalue weighted by molar-refractivity contribution is 7.07. The average molecular weight is 353 g/mol. The van der Waals surface area contributed by atoms with Crippen molar-refractivity contribution in [3.63, 3.8) is 0 Å². The molecule has 0 saturated heterocycles. The van der Waals surface area contributed by atoms with Crippen LogP contribution in [0.15, 0.2) is 16.9 Å². The van der Waals surface area contributed by atoms with Crippen LogP contribution in [0.3, 0.4) is 0 Å². The summed E-state index contributed by atoms with van der Waals surface area (Å²) in [4.78, 5) is 12.6. The molecule has 2 heterocycles. The lowest BCUT2D eigenvalue weighted by atomic mass is 10.1. The van der Waals surface area contributed by atoms with Gasteiger partial charge in [0.1, 0.15) is 27.8 Å². The van der Waals surface area contributed by atoms with Crippen molar-refractivity contribution in [3.8, 4) is 12.1 Å². The minimum Gasteiger partial charge on any atom is -0.298 e. The number of aromatic nitrogens is 3. The molecule has 3 aromatic rings. The summed E-state index contributed by atoms with van der Waals surface area (Å²) in [6.07, 6.45) is 1.75. The third-order valence-electron chi connectivity index (χ3n) is 3.60. The molecule has 0 spiro atoms. The maximum absolute atomic E-state index is 12.6. The maximum atomic E-state index is 12.6. The smallest absolute Gasteiger partial charge is 0.269 e. The zero-order valence-electron chi connectivity index (χ0n) is 12.9. The van der Waals surface area contributed by atoms with Gasteiger partial charge in [-0.1, -0.05) is 12.1 Å². The SMILES string of the molecule is CCn1c(=C(C#N)C#N)s/c(=C\c2ccc(C)c3nsnc23)c1=O. The third kappa shape index (κ3) is 2.52. The van der Waals surface area contributed by atoms with E-state index in [0.29, 0.717) is 15.7 Å². The molecule has 0 fully saturated rings. The fourth-order valence-electron chi connectivity index (χ4n) is 2.38. The van der Waals surface area contributed by atoms with Crippen LogP contribution in [0.5, 0.6) is 0 Å². The van der Waals surface area contributed by atoms with E-state index in [-0.39, 0.29) is 11.1 Å². The molecule has 1 aromatic carbocycles. The van der Waals surface area contributed by atoms with Crippen LogP contribution in [0.25, 0.3) is 22.7 Å². The number of thiazole rings is 1. The lowest BCUT2D eigenvalue weighted by molar-refractivity contribution is 0.722. The Hall–Kier alpha value is -2.81. The van der Waals surface area contributed by atoms with Crippen LogP contribution in [0.2, 0.25) is 0 Å². The average Bonchev–Trinajstić information content (AvgIpc) is 3.18. The van der Waals surface area contributed by atoms with Crippen molar-refractivity contribution in [2.75, 3.05) is 0 Å². The van der Waals surface area contributed by atoms with Gasteiger partial charge in [-0.3, -0.25) is 9.36 Å². The van der Waals surface area contributed by atoms with Crippen LogP contribution in [0.1, 0.15) is 18.1 Å². The van der Waals surface area contributed by atoms with Crippen molar-refractivity contribution in [2.24, 2.45) is 0 Å². The summed E-state index contributed by atoms with van der Waals surface area (Å²) in [5.74, 6) is 0. The van der Waals surface area contributed by atoms with Crippen LogP contribution in [-0.2, 0) is 6.54 Å². The number of nitrogens with zero attached hydrogens (tertiary/aromatic N) is 5. The lowest BCUT2D eigenvalue weighted by Gasteiger charge is -1.96. The number of nitriles is 2. The quantitative estimate of drug-likeness (QED) is 0.691. The minimum absolute atomic E-state index is 0.0528. The van der Waals surface area contributed by atoms with Gasteiger partial charge in [0.15, 0.2) is 5.57 Å². The van der Waals surface area contributed by atoms with Gasteiger partial charge in [-0.15, -0.1) is 11.3 Å². The molecular formula is C16H11N5OS2. The summed E-state index contributed by atoms with van der Waals surface area (Å²) in [6, 6.07) is 7.53. The predicted molar refractivity (Wildman–Crippen MR) is 93.9 cm³/mol. The fraction of sp³-hybridized carbons (Fsp3) is 0.188. The van der Waals surface area contributed by atoms with Crippen LogP contribution < -0.4 is 14.8 Å². The van der Waals surface area contributed by atoms with E-state index < -0.39 is 0 Å². The van der Waals surface area contributed by atoms with E-state index in [9.17, 15) is 4.79 Å². The highest BCUT2D eigenvalue weighted by Gasteiger charge is 2.10. The molecule has 6 nitrogen and oxygen atoms in total. The van der Waals surface area contributed by atoms with E-state index in [0.717, 1.165) is 45.2 Å². The van der Waals surface area contributed by atoms with E-state index in [1.165, 1.54) is 4.57 Å². The summed E-state index contributed by atoms with van der Waals surface area (Å²) in [5, 5.41) is 18.2. The zero-order valence-corrected chi connectivity index (χ0v) is 14.5. The van der Waals surface area contributed by atoms with E-state index in [2.05, 4.69) is 8.75 Å². The number of fused-ring (bicyclic) bond motifs is 1. The molecule has 3 rings (SSSR count). The Kier molecular flexibility index (Phi) is 4.26. The summed E-state index contributed by atoms with van der Waals surface area (Å²) < 4.78 is 10.9. The summed E-state index contributed by atoms with van der Waals surface area (Å²) in [7, 11) is 0. The first-order valence-electron chi connectivity index (χ1n) is 7.08. The Labute approximate surface area is 145 Å². The molecule has 0 saturated carbocycles. The molecular weight excluding hydrogens is 342 g/mol. The van der Waals surface area contributed by atoms with Crippen molar-refractivity contribution in [3.05, 3.63) is 42.8 Å². The van der Waals surface area contributed by atoms with Crippen molar-refractivity contribution < 1.29 is 0 Å². The van der Waals surface area contributed by atoms with Gasteiger partial charge < -0.3 is 0 Å². The summed E-state index contributed by atoms with van der Waals surface area (Å²) >= 11 is 2.28. The largest absolute Gasteiger partial charge is 0.298 e. The fourth-order valence-corrected chi connectivity index (χ4v) is 4.11. The number of hydrogen-bond acceptors (Lipinski definition) is 7. The Balaban J connectivity index is 2.38. The molecule has 0 bridgehead atoms. The number of benzene rings is 1. The zero-order chi connectivity index (χ0) is 17.3. The van der Waals surface area contributed by atoms with Gasteiger partial charge >= 0.3 is 0 Å². The molecule has 0 atom stereocenters. The van der Waals surface area contributed by atoms with E-state index in [1.807, 2.05) is 38.1 Å². The molecule has 0 amide bonds. The summed E-state index contributed by atoms with van der Waals surface area (Å²) in [5.41, 5.74) is 3.14. The van der Waals surface area contributed by atoms with Gasteiger partial charge in [-0.25, -0.2) is 0 Å². The van der Waals surface area contributed by atoms with Gasteiger partial charge in [0.25, 0.3) is 5.56 Å². The van der Waals surface area contributed by atoms with Crippen LogP contribution in [0.4, 0.5) is 0 Å². The van der Waals surface area contributed by atoms with Crippen LogP contribution in [-0.4, -0.2) is 13.3 Å². The second-order valence-corrected chi connectivity index (χ2v) is 6.56. The first-order valence-corrected chi connectivity index (χ1v) is 8.63. The van der Waals surface area contributed by atoms with Gasteiger partial charge in [0.2, 0.25) is 0 Å². The molecule has 2 aromatic heterocycles. The van der Waals surface area contributed by atoms with Crippen molar-refractivity contribution in [2.45, 2.75) is 20.4 Å². The van der Waals surface area contributed by atoms with Gasteiger partial charge in [0, 0.05) is 12.1 Å². The molecule has 8 heteroatoms. The second-order valence-electron chi connectivity index (χ2n) is 5.00. The highest BCUT2D eigenvalue weighted by Crippen LogP contribution is 2.20. The Bertz CT molecular complexity index is 1180. The monoisotopic (exact) mass is 353 g/mol. The van der Waals surface area contributed by atoms with Crippen molar-refractivity contribution in [1.29, 1.82) is 10.5 Å². The third-order valence-corrected chi connectivity index (χ3v) is 5.26. The van der Waals surface area contributed by atoms with Crippen molar-refractivity contribution in [1.82, 2.24) is 13.3 Å². The second kappa shape index (κ2) is 6.36. The Morgan fingerprint density at radius 1 is 1.29 bits per heavy atom. The molecule has 0 aliphatic carbocycles. The summed E-state index contributed by atoms with van der Waals surface area (Å²) in [6.45, 7) is 4.16. The standard InChI is InChI=1S/C16H11N5OS2/c1-3-21-15(22)12(23-16(21)11(7-17)8-18)6-10-5-4-9(2)13-14(10)20-24-19-13/h4-6H,3H2,1-2H3/b12-6-. The molecule has 0 aliphatic heterocycles. The lowest BCUT2D eigenvalue weighted by Crippen LogP contribution is -2.31. The van der Waals surface area contributed by atoms with E-state index in [4.69, 9.17) is 10.5 Å². The van der Waals surface area contributed by atoms with Crippen LogP contribution >= 0.6 is 23.1 Å². The number of aryl methyl sites for hydroxylation is 1. The molecule has 24 heavy (non-hydrogen) atoms. The number of rotatable bonds is 2. The maximum Gasteiger partial charge on any atom is 0.269 e.